The molecule has 0 spiro atoms. The van der Waals surface area contributed by atoms with E-state index in [0.29, 0.717) is 5.15 Å². The molecule has 0 aliphatic heterocycles. The van der Waals surface area contributed by atoms with Crippen LogP contribution in [0.25, 0.3) is 10.9 Å². The van der Waals surface area contributed by atoms with Gasteiger partial charge in [-0.05, 0) is 26.5 Å². The molecular formula is C12H14ClN3S. The number of halogens is 1. The average molecular weight is 268 g/mol. The Labute approximate surface area is 110 Å². The molecule has 2 rings (SSSR count). The fraction of sp³-hybridized carbons (Fsp3) is 0.417. The fourth-order valence-corrected chi connectivity index (χ4v) is 2.66. The third kappa shape index (κ3) is 2.24. The van der Waals surface area contributed by atoms with Crippen molar-refractivity contribution in [1.82, 2.24) is 15.0 Å². The summed E-state index contributed by atoms with van der Waals surface area (Å²) in [5, 5.41) is 2.36. The van der Waals surface area contributed by atoms with Crippen molar-refractivity contribution >= 4 is 34.3 Å². The first-order valence-corrected chi connectivity index (χ1v) is 6.84. The van der Waals surface area contributed by atoms with Crippen LogP contribution in [0.15, 0.2) is 5.16 Å². The molecule has 0 N–H and O–H groups in total. The van der Waals surface area contributed by atoms with E-state index in [4.69, 9.17) is 11.6 Å². The Hall–Kier alpha value is -0.870. The maximum absolute atomic E-state index is 6.10. The molecule has 0 saturated carbocycles. The third-order valence-electron chi connectivity index (χ3n) is 2.64. The Morgan fingerprint density at radius 3 is 2.35 bits per heavy atom. The van der Waals surface area contributed by atoms with E-state index >= 15 is 0 Å². The molecule has 17 heavy (non-hydrogen) atoms. The quantitative estimate of drug-likeness (QED) is 0.472. The molecule has 90 valence electrons. The summed E-state index contributed by atoms with van der Waals surface area (Å²) in [5.41, 5.74) is 3.71. The summed E-state index contributed by atoms with van der Waals surface area (Å²) in [6.45, 7) is 7.97. The van der Waals surface area contributed by atoms with E-state index < -0.39 is 0 Å². The highest BCUT2D eigenvalue weighted by molar-refractivity contribution is 7.99. The molecule has 2 aromatic heterocycles. The molecule has 0 atom stereocenters. The zero-order chi connectivity index (χ0) is 12.6. The van der Waals surface area contributed by atoms with E-state index in [0.717, 1.165) is 38.8 Å². The first kappa shape index (κ1) is 12.6. The number of nitrogens with zero attached hydrogens (tertiary/aromatic N) is 3. The monoisotopic (exact) mass is 267 g/mol. The molecule has 5 heteroatoms. The van der Waals surface area contributed by atoms with Crippen molar-refractivity contribution in [3.05, 3.63) is 22.1 Å². The highest BCUT2D eigenvalue weighted by Gasteiger charge is 2.13. The highest BCUT2D eigenvalue weighted by atomic mass is 35.5. The smallest absolute Gasteiger partial charge is 0.188 e. The summed E-state index contributed by atoms with van der Waals surface area (Å²) < 4.78 is 0. The molecule has 0 fully saturated rings. The van der Waals surface area contributed by atoms with Crippen LogP contribution in [0.4, 0.5) is 0 Å². The Kier molecular flexibility index (Phi) is 3.54. The molecule has 3 nitrogen and oxygen atoms in total. The van der Waals surface area contributed by atoms with Gasteiger partial charge in [0.15, 0.2) is 5.16 Å². The second-order valence-corrected chi connectivity index (χ2v) is 5.45. The van der Waals surface area contributed by atoms with Gasteiger partial charge in [0.05, 0.1) is 16.9 Å². The Morgan fingerprint density at radius 1 is 1.06 bits per heavy atom. The van der Waals surface area contributed by atoms with E-state index in [1.807, 2.05) is 20.8 Å². The van der Waals surface area contributed by atoms with Crippen molar-refractivity contribution in [1.29, 1.82) is 0 Å². The number of hydrogen-bond donors (Lipinski definition) is 0. The van der Waals surface area contributed by atoms with Crippen molar-refractivity contribution in [2.24, 2.45) is 0 Å². The maximum Gasteiger partial charge on any atom is 0.188 e. The van der Waals surface area contributed by atoms with Gasteiger partial charge >= 0.3 is 0 Å². The molecule has 0 bridgehead atoms. The van der Waals surface area contributed by atoms with Gasteiger partial charge in [-0.2, -0.15) is 0 Å². The molecule has 0 aromatic carbocycles. The summed E-state index contributed by atoms with van der Waals surface area (Å²) >= 11 is 7.74. The van der Waals surface area contributed by atoms with Gasteiger partial charge in [-0.25, -0.2) is 15.0 Å². The zero-order valence-electron chi connectivity index (χ0n) is 10.3. The predicted octanol–water partition coefficient (Wildman–Crippen LogP) is 3.72. The van der Waals surface area contributed by atoms with Crippen LogP contribution in [0, 0.1) is 20.8 Å². The number of pyridine rings is 1. The minimum atomic E-state index is 0.528. The first-order valence-electron chi connectivity index (χ1n) is 5.48. The van der Waals surface area contributed by atoms with Crippen LogP contribution in [0.5, 0.6) is 0 Å². The van der Waals surface area contributed by atoms with E-state index in [1.54, 1.807) is 11.8 Å². The topological polar surface area (TPSA) is 38.7 Å². The minimum absolute atomic E-state index is 0.528. The number of aryl methyl sites for hydroxylation is 3. The largest absolute Gasteiger partial charge is 0.240 e. The van der Waals surface area contributed by atoms with E-state index in [9.17, 15) is 0 Å². The second kappa shape index (κ2) is 4.78. The normalized spacial score (nSPS) is 11.1. The Bertz CT molecular complexity index is 584. The van der Waals surface area contributed by atoms with Crippen molar-refractivity contribution < 1.29 is 0 Å². The lowest BCUT2D eigenvalue weighted by Crippen LogP contribution is -1.99. The lowest BCUT2D eigenvalue weighted by atomic mass is 10.1. The number of fused-ring (bicyclic) bond motifs is 1. The Morgan fingerprint density at radius 2 is 1.71 bits per heavy atom. The van der Waals surface area contributed by atoms with Crippen LogP contribution in [-0.4, -0.2) is 20.7 Å². The molecule has 2 aromatic rings. The highest BCUT2D eigenvalue weighted by Crippen LogP contribution is 2.28. The first-order chi connectivity index (χ1) is 8.04. The summed E-state index contributed by atoms with van der Waals surface area (Å²) in [4.78, 5) is 13.4. The predicted molar refractivity (Wildman–Crippen MR) is 73.0 cm³/mol. The number of hydrogen-bond acceptors (Lipinski definition) is 4. The number of rotatable bonds is 2. The molecular weight excluding hydrogens is 254 g/mol. The lowest BCUT2D eigenvalue weighted by Gasteiger charge is -2.10. The molecule has 0 radical (unpaired) electrons. The number of aromatic nitrogens is 3. The van der Waals surface area contributed by atoms with E-state index in [2.05, 4.69) is 21.9 Å². The summed E-state index contributed by atoms with van der Waals surface area (Å²) in [7, 11) is 0. The van der Waals surface area contributed by atoms with Gasteiger partial charge in [0, 0.05) is 10.9 Å². The van der Waals surface area contributed by atoms with Gasteiger partial charge < -0.3 is 0 Å². The van der Waals surface area contributed by atoms with Gasteiger partial charge in [0.25, 0.3) is 0 Å². The van der Waals surface area contributed by atoms with Gasteiger partial charge in [-0.15, -0.1) is 0 Å². The maximum atomic E-state index is 6.10. The molecule has 0 amide bonds. The summed E-state index contributed by atoms with van der Waals surface area (Å²) in [6.07, 6.45) is 0. The molecule has 0 unspecified atom stereocenters. The van der Waals surface area contributed by atoms with Crippen LogP contribution in [0.1, 0.15) is 23.9 Å². The van der Waals surface area contributed by atoms with Crippen LogP contribution in [-0.2, 0) is 0 Å². The molecule has 2 heterocycles. The van der Waals surface area contributed by atoms with Crippen molar-refractivity contribution in [2.45, 2.75) is 32.9 Å². The summed E-state index contributed by atoms with van der Waals surface area (Å²) in [5.74, 6) is 0.960. The van der Waals surface area contributed by atoms with Crippen molar-refractivity contribution in [3.63, 3.8) is 0 Å². The van der Waals surface area contributed by atoms with E-state index in [1.165, 1.54) is 0 Å². The van der Waals surface area contributed by atoms with Gasteiger partial charge in [0.1, 0.15) is 5.15 Å². The molecule has 0 aliphatic rings. The van der Waals surface area contributed by atoms with Crippen LogP contribution in [0.2, 0.25) is 5.15 Å². The summed E-state index contributed by atoms with van der Waals surface area (Å²) in [6, 6.07) is 0. The zero-order valence-corrected chi connectivity index (χ0v) is 11.9. The Balaban J connectivity index is 2.81. The second-order valence-electron chi connectivity index (χ2n) is 3.86. The van der Waals surface area contributed by atoms with Crippen LogP contribution >= 0.6 is 23.4 Å². The van der Waals surface area contributed by atoms with Crippen LogP contribution in [0.3, 0.4) is 0 Å². The van der Waals surface area contributed by atoms with E-state index in [-0.39, 0.29) is 0 Å². The van der Waals surface area contributed by atoms with Crippen molar-refractivity contribution in [3.8, 4) is 0 Å². The SMILES string of the molecule is CCSc1nc(C)c2c(C)nc(Cl)c(C)c2n1. The van der Waals surface area contributed by atoms with Gasteiger partial charge in [0.2, 0.25) is 0 Å². The average Bonchev–Trinajstić information content (AvgIpc) is 2.25. The number of thioether (sulfide) groups is 1. The van der Waals surface area contributed by atoms with Crippen molar-refractivity contribution in [2.75, 3.05) is 5.75 Å². The third-order valence-corrected chi connectivity index (χ3v) is 3.73. The fourth-order valence-electron chi connectivity index (χ4n) is 1.83. The van der Waals surface area contributed by atoms with Crippen LogP contribution < -0.4 is 0 Å². The van der Waals surface area contributed by atoms with Gasteiger partial charge in [-0.1, -0.05) is 30.3 Å². The molecule has 0 saturated heterocycles. The lowest BCUT2D eigenvalue weighted by molar-refractivity contribution is 0.959. The van der Waals surface area contributed by atoms with Gasteiger partial charge in [-0.3, -0.25) is 0 Å². The standard InChI is InChI=1S/C12H14ClN3S/c1-5-17-12-15-8(4)9-7(3)14-11(13)6(2)10(9)16-12/h5H2,1-4H3. The molecule has 0 aliphatic carbocycles. The minimum Gasteiger partial charge on any atom is -0.240 e.